The third kappa shape index (κ3) is 4.51. The molecular weight excluding hydrogens is 256 g/mol. The molecule has 0 saturated carbocycles. The smallest absolute Gasteiger partial charge is 0.226 e. The van der Waals surface area contributed by atoms with Gasteiger partial charge in [0.1, 0.15) is 12.0 Å². The van der Waals surface area contributed by atoms with Crippen LogP contribution in [0.1, 0.15) is 24.8 Å². The van der Waals surface area contributed by atoms with Gasteiger partial charge < -0.3 is 20.9 Å². The summed E-state index contributed by atoms with van der Waals surface area (Å²) in [7, 11) is 0. The molecule has 1 fully saturated rings. The van der Waals surface area contributed by atoms with Crippen molar-refractivity contribution in [1.29, 1.82) is 0 Å². The zero-order valence-electron chi connectivity index (χ0n) is 11.5. The molecule has 1 amide bonds. The van der Waals surface area contributed by atoms with E-state index in [2.05, 4.69) is 5.32 Å². The molecule has 5 heteroatoms. The monoisotopic (exact) mass is 278 g/mol. The molecule has 2 atom stereocenters. The zero-order valence-corrected chi connectivity index (χ0v) is 11.5. The highest BCUT2D eigenvalue weighted by atomic mass is 16.5. The number of aryl methyl sites for hydroxylation is 1. The summed E-state index contributed by atoms with van der Waals surface area (Å²) >= 11 is 0. The minimum absolute atomic E-state index is 0.0572. The van der Waals surface area contributed by atoms with Gasteiger partial charge in [0, 0.05) is 6.54 Å². The Morgan fingerprint density at radius 3 is 3.10 bits per heavy atom. The van der Waals surface area contributed by atoms with Gasteiger partial charge in [-0.2, -0.15) is 0 Å². The predicted molar refractivity (Wildman–Crippen MR) is 76.2 cm³/mol. The molecule has 0 radical (unpaired) electrons. The minimum Gasteiger partial charge on any atom is -0.493 e. The number of ether oxygens (including phenoxy) is 1. The first-order valence-electron chi connectivity index (χ1n) is 7.08. The van der Waals surface area contributed by atoms with Gasteiger partial charge in [0.15, 0.2) is 0 Å². The normalized spacial score (nSPS) is 20.3. The second-order valence-electron chi connectivity index (χ2n) is 5.19. The number of nitrogens with two attached hydrogens (primary N) is 1. The first-order chi connectivity index (χ1) is 9.65. The summed E-state index contributed by atoms with van der Waals surface area (Å²) in [6.07, 6.45) is 2.33. The van der Waals surface area contributed by atoms with Crippen LogP contribution in [-0.4, -0.2) is 30.4 Å². The minimum atomic E-state index is -0.787. The number of hydrogen-bond donors (Lipinski definition) is 3. The van der Waals surface area contributed by atoms with Crippen molar-refractivity contribution in [2.75, 3.05) is 13.2 Å². The van der Waals surface area contributed by atoms with Gasteiger partial charge in [-0.05, 0) is 43.4 Å². The topological polar surface area (TPSA) is 84.6 Å². The first kappa shape index (κ1) is 14.8. The number of rotatable bonds is 6. The molecule has 1 aliphatic rings. The molecule has 1 aromatic rings. The number of benzene rings is 1. The second kappa shape index (κ2) is 7.26. The van der Waals surface area contributed by atoms with Crippen molar-refractivity contribution in [2.45, 2.75) is 31.9 Å². The molecule has 1 heterocycles. The van der Waals surface area contributed by atoms with Gasteiger partial charge in [-0.15, -0.1) is 0 Å². The predicted octanol–water partition coefficient (Wildman–Crippen LogP) is 0.801. The van der Waals surface area contributed by atoms with E-state index < -0.39 is 6.23 Å². The summed E-state index contributed by atoms with van der Waals surface area (Å²) < 4.78 is 5.71. The molecule has 1 aromatic carbocycles. The van der Waals surface area contributed by atoms with Crippen LogP contribution >= 0.6 is 0 Å². The van der Waals surface area contributed by atoms with E-state index in [1.165, 1.54) is 0 Å². The summed E-state index contributed by atoms with van der Waals surface area (Å²) in [5.41, 5.74) is 6.40. The third-order valence-corrected chi connectivity index (χ3v) is 3.48. The molecule has 1 unspecified atom stereocenters. The Morgan fingerprint density at radius 1 is 1.50 bits per heavy atom. The second-order valence-corrected chi connectivity index (χ2v) is 5.19. The van der Waals surface area contributed by atoms with Crippen LogP contribution in [0.25, 0.3) is 0 Å². The van der Waals surface area contributed by atoms with Gasteiger partial charge in [0.2, 0.25) is 5.91 Å². The summed E-state index contributed by atoms with van der Waals surface area (Å²) in [6.45, 7) is 1.18. The average molecular weight is 278 g/mol. The number of aliphatic hydroxyl groups excluding tert-OH is 1. The van der Waals surface area contributed by atoms with E-state index in [1.54, 1.807) is 0 Å². The van der Waals surface area contributed by atoms with Crippen molar-refractivity contribution >= 4 is 5.91 Å². The Kier molecular flexibility index (Phi) is 5.38. The number of piperidine rings is 1. The van der Waals surface area contributed by atoms with Crippen LogP contribution in [0.4, 0.5) is 0 Å². The molecule has 0 spiro atoms. The lowest BCUT2D eigenvalue weighted by Crippen LogP contribution is -2.39. The van der Waals surface area contributed by atoms with Crippen molar-refractivity contribution in [1.82, 2.24) is 5.32 Å². The molecule has 0 bridgehead atoms. The fourth-order valence-corrected chi connectivity index (χ4v) is 2.30. The van der Waals surface area contributed by atoms with E-state index in [0.29, 0.717) is 19.4 Å². The lowest BCUT2D eigenvalue weighted by molar-refractivity contribution is -0.127. The highest BCUT2D eigenvalue weighted by Gasteiger charge is 2.22. The van der Waals surface area contributed by atoms with Crippen LogP contribution in [0.2, 0.25) is 0 Å². The van der Waals surface area contributed by atoms with Crippen LogP contribution in [0, 0.1) is 5.92 Å². The summed E-state index contributed by atoms with van der Waals surface area (Å²) in [4.78, 5) is 11.6. The molecule has 20 heavy (non-hydrogen) atoms. The Hall–Kier alpha value is -1.59. The van der Waals surface area contributed by atoms with Gasteiger partial charge in [0.25, 0.3) is 0 Å². The van der Waals surface area contributed by atoms with E-state index in [-0.39, 0.29) is 11.8 Å². The average Bonchev–Trinajstić information content (AvgIpc) is 2.45. The van der Waals surface area contributed by atoms with E-state index >= 15 is 0 Å². The van der Waals surface area contributed by atoms with Crippen LogP contribution in [0.15, 0.2) is 24.3 Å². The molecule has 1 saturated heterocycles. The first-order valence-corrected chi connectivity index (χ1v) is 7.08. The van der Waals surface area contributed by atoms with E-state index in [9.17, 15) is 4.79 Å². The van der Waals surface area contributed by atoms with Crippen molar-refractivity contribution in [3.05, 3.63) is 29.8 Å². The number of amides is 1. The molecule has 0 aliphatic carbocycles. The molecule has 110 valence electrons. The van der Waals surface area contributed by atoms with Crippen LogP contribution < -0.4 is 15.8 Å². The van der Waals surface area contributed by atoms with Gasteiger partial charge in [0.05, 0.1) is 12.5 Å². The highest BCUT2D eigenvalue weighted by molar-refractivity contribution is 5.79. The van der Waals surface area contributed by atoms with E-state index in [0.717, 1.165) is 30.7 Å². The third-order valence-electron chi connectivity index (χ3n) is 3.48. The molecule has 4 N–H and O–H groups in total. The fraction of sp³-hybridized carbons (Fsp3) is 0.533. The standard InChI is InChI=1S/C15H22N2O3/c16-14(18)7-6-11-3-1-5-13(9-11)20-10-12-4-2-8-17-15(12)19/h1,3,5,9,12,14,18H,2,4,6-8,10,16H2,(H,17,19)/t12?,14-/m1/s1. The zero-order chi connectivity index (χ0) is 14.4. The van der Waals surface area contributed by atoms with Crippen LogP contribution in [0.3, 0.4) is 0 Å². The van der Waals surface area contributed by atoms with Crippen molar-refractivity contribution in [2.24, 2.45) is 11.7 Å². The largest absolute Gasteiger partial charge is 0.493 e. The SMILES string of the molecule is N[C@H](O)CCc1cccc(OCC2CCCNC2=O)c1. The molecule has 2 rings (SSSR count). The molecule has 5 nitrogen and oxygen atoms in total. The van der Waals surface area contributed by atoms with Gasteiger partial charge >= 0.3 is 0 Å². The van der Waals surface area contributed by atoms with Crippen LogP contribution in [-0.2, 0) is 11.2 Å². The number of aliphatic hydroxyl groups is 1. The van der Waals surface area contributed by atoms with Crippen LogP contribution in [0.5, 0.6) is 5.75 Å². The fourth-order valence-electron chi connectivity index (χ4n) is 2.30. The maximum Gasteiger partial charge on any atom is 0.226 e. The maximum absolute atomic E-state index is 11.6. The Balaban J connectivity index is 1.86. The number of carbonyl (C=O) groups excluding carboxylic acids is 1. The van der Waals surface area contributed by atoms with Crippen molar-refractivity contribution in [3.63, 3.8) is 0 Å². The van der Waals surface area contributed by atoms with E-state index in [4.69, 9.17) is 15.6 Å². The van der Waals surface area contributed by atoms with Crippen molar-refractivity contribution < 1.29 is 14.6 Å². The summed E-state index contributed by atoms with van der Waals surface area (Å²) in [5.74, 6) is 0.782. The van der Waals surface area contributed by atoms with E-state index in [1.807, 2.05) is 24.3 Å². The summed E-state index contributed by atoms with van der Waals surface area (Å²) in [5, 5.41) is 11.9. The molecular formula is C15H22N2O3. The highest BCUT2D eigenvalue weighted by Crippen LogP contribution is 2.18. The Morgan fingerprint density at radius 2 is 2.35 bits per heavy atom. The van der Waals surface area contributed by atoms with Gasteiger partial charge in [-0.3, -0.25) is 4.79 Å². The van der Waals surface area contributed by atoms with Gasteiger partial charge in [-0.25, -0.2) is 0 Å². The lowest BCUT2D eigenvalue weighted by atomic mass is 10.00. The molecule has 0 aromatic heterocycles. The number of hydrogen-bond acceptors (Lipinski definition) is 4. The quantitative estimate of drug-likeness (QED) is 0.672. The number of carbonyl (C=O) groups is 1. The maximum atomic E-state index is 11.6. The Bertz CT molecular complexity index is 448. The van der Waals surface area contributed by atoms with Crippen molar-refractivity contribution in [3.8, 4) is 5.75 Å². The lowest BCUT2D eigenvalue weighted by Gasteiger charge is -2.22. The summed E-state index contributed by atoms with van der Waals surface area (Å²) in [6, 6.07) is 7.70. The molecule has 1 aliphatic heterocycles. The number of nitrogens with one attached hydrogen (secondary N) is 1. The Labute approximate surface area is 119 Å². The van der Waals surface area contributed by atoms with Gasteiger partial charge in [-0.1, -0.05) is 12.1 Å².